The van der Waals surface area contributed by atoms with Crippen LogP contribution in [-0.2, 0) is 14.4 Å². The number of benzene rings is 2. The molecule has 1 aliphatic heterocycles. The number of hydrogen-bond donors (Lipinski definition) is 1. The third kappa shape index (κ3) is 5.43. The molecule has 1 saturated heterocycles. The Labute approximate surface area is 232 Å². The molecule has 1 N–H and O–H groups in total. The summed E-state index contributed by atoms with van der Waals surface area (Å²) >= 11 is 0. The molecule has 0 spiro atoms. The predicted octanol–water partition coefficient (Wildman–Crippen LogP) is 4.54. The number of hydrogen-bond acceptors (Lipinski definition) is 5. The molecule has 0 radical (unpaired) electrons. The van der Waals surface area contributed by atoms with E-state index in [1.807, 2.05) is 31.2 Å². The van der Waals surface area contributed by atoms with Crippen LogP contribution in [0.2, 0.25) is 0 Å². The molecule has 5 rings (SSSR count). The Hall–Kier alpha value is -4.58. The number of nitrogens with zero attached hydrogens (tertiary/aromatic N) is 4. The van der Waals surface area contributed by atoms with Crippen LogP contribution < -0.4 is 15.1 Å². The minimum Gasteiger partial charge on any atom is -0.351 e. The average Bonchev–Trinajstić information content (AvgIpc) is 3.32. The topological polar surface area (TPSA) is 106 Å². The Kier molecular flexibility index (Phi) is 7.35. The number of pyridine rings is 1. The molecule has 1 saturated carbocycles. The van der Waals surface area contributed by atoms with Gasteiger partial charge in [0, 0.05) is 37.2 Å². The molecule has 40 heavy (non-hydrogen) atoms. The third-order valence-corrected chi connectivity index (χ3v) is 7.45. The fraction of sp³-hybridized carbons (Fsp3) is 0.323. The van der Waals surface area contributed by atoms with Crippen molar-refractivity contribution in [3.63, 3.8) is 0 Å². The van der Waals surface area contributed by atoms with Gasteiger partial charge < -0.3 is 5.32 Å². The van der Waals surface area contributed by atoms with E-state index in [1.165, 1.54) is 35.1 Å². The zero-order valence-electron chi connectivity index (χ0n) is 22.4. The highest BCUT2D eigenvalue weighted by molar-refractivity contribution is 6.10. The highest BCUT2D eigenvalue weighted by Crippen LogP contribution is 2.37. The second kappa shape index (κ2) is 10.9. The summed E-state index contributed by atoms with van der Waals surface area (Å²) in [6, 6.07) is 18.9. The second-order valence-corrected chi connectivity index (χ2v) is 10.7. The van der Waals surface area contributed by atoms with Crippen LogP contribution in [0.25, 0.3) is 0 Å². The van der Waals surface area contributed by atoms with Crippen molar-refractivity contribution in [2.24, 2.45) is 0 Å². The fourth-order valence-electron chi connectivity index (χ4n) is 5.57. The van der Waals surface area contributed by atoms with Gasteiger partial charge in [0.2, 0.25) is 11.8 Å². The maximum Gasteiger partial charge on any atom is 0.251 e. The van der Waals surface area contributed by atoms with Crippen LogP contribution in [-0.4, -0.2) is 40.5 Å². The van der Waals surface area contributed by atoms with E-state index in [0.29, 0.717) is 16.8 Å². The third-order valence-electron chi connectivity index (χ3n) is 7.45. The molecular weight excluding hydrogens is 509 g/mol. The molecular formula is C31H30FN5O3. The lowest BCUT2D eigenvalue weighted by molar-refractivity contribution is -0.128. The summed E-state index contributed by atoms with van der Waals surface area (Å²) in [4.78, 5) is 48.5. The maximum atomic E-state index is 14.5. The number of anilines is 2. The predicted molar refractivity (Wildman–Crippen MR) is 148 cm³/mol. The van der Waals surface area contributed by atoms with Gasteiger partial charge in [-0.2, -0.15) is 5.26 Å². The van der Waals surface area contributed by atoms with Crippen LogP contribution in [0.1, 0.15) is 55.3 Å². The van der Waals surface area contributed by atoms with Crippen molar-refractivity contribution in [2.45, 2.75) is 63.3 Å². The van der Waals surface area contributed by atoms with Crippen molar-refractivity contribution in [3.8, 4) is 6.07 Å². The normalized spacial score (nSPS) is 22.6. The number of alkyl halides is 1. The summed E-state index contributed by atoms with van der Waals surface area (Å²) in [5, 5.41) is 12.3. The molecule has 0 unspecified atom stereocenters. The first-order chi connectivity index (χ1) is 19.2. The van der Waals surface area contributed by atoms with Crippen molar-refractivity contribution in [3.05, 3.63) is 89.6 Å². The van der Waals surface area contributed by atoms with E-state index < -0.39 is 29.6 Å². The lowest BCUT2D eigenvalue weighted by Gasteiger charge is -2.41. The summed E-state index contributed by atoms with van der Waals surface area (Å²) < 4.78 is 14.2. The Morgan fingerprint density at radius 3 is 2.58 bits per heavy atom. The molecule has 3 aromatic rings. The van der Waals surface area contributed by atoms with E-state index in [1.54, 1.807) is 36.4 Å². The fourth-order valence-corrected chi connectivity index (χ4v) is 5.57. The number of halogens is 1. The monoisotopic (exact) mass is 539 g/mol. The van der Waals surface area contributed by atoms with Crippen LogP contribution in [0.15, 0.2) is 72.9 Å². The van der Waals surface area contributed by atoms with Crippen LogP contribution in [0.4, 0.5) is 15.9 Å². The maximum absolute atomic E-state index is 14.5. The molecule has 2 fully saturated rings. The molecule has 2 aromatic carbocycles. The van der Waals surface area contributed by atoms with Crippen molar-refractivity contribution < 1.29 is 18.8 Å². The number of amides is 3. The first-order valence-corrected chi connectivity index (χ1v) is 13.3. The van der Waals surface area contributed by atoms with Crippen LogP contribution >= 0.6 is 0 Å². The number of carbonyl (C=O) groups is 3. The number of aryl methyl sites for hydroxylation is 1. The van der Waals surface area contributed by atoms with Gasteiger partial charge in [-0.15, -0.1) is 0 Å². The zero-order chi connectivity index (χ0) is 28.4. The van der Waals surface area contributed by atoms with Crippen molar-refractivity contribution in [1.82, 2.24) is 10.3 Å². The first kappa shape index (κ1) is 27.0. The highest BCUT2D eigenvalue weighted by Gasteiger charge is 2.46. The number of rotatable bonds is 7. The summed E-state index contributed by atoms with van der Waals surface area (Å²) in [5.74, 6) is -0.959. The number of nitriles is 1. The minimum absolute atomic E-state index is 0.121. The lowest BCUT2D eigenvalue weighted by atomic mass is 9.78. The van der Waals surface area contributed by atoms with Crippen LogP contribution in [0.3, 0.4) is 0 Å². The quantitative estimate of drug-likeness (QED) is 0.475. The summed E-state index contributed by atoms with van der Waals surface area (Å²) in [5.41, 5.74) is 0.946. The number of nitrogens with one attached hydrogen (secondary N) is 1. The largest absolute Gasteiger partial charge is 0.351 e. The van der Waals surface area contributed by atoms with Gasteiger partial charge in [-0.05, 0) is 55.7 Å². The SMILES string of the molecule is Cc1cccc(N(C(=O)[C@@H]2CCC(=O)N2c2cc(C#N)ccn2)[C@H](C(=O)NC2CC(C)(F)C2)c2ccccc2)c1. The van der Waals surface area contributed by atoms with Crippen molar-refractivity contribution >= 4 is 29.2 Å². The Morgan fingerprint density at radius 1 is 1.15 bits per heavy atom. The second-order valence-electron chi connectivity index (χ2n) is 10.7. The van der Waals surface area contributed by atoms with Gasteiger partial charge in [0.25, 0.3) is 5.91 Å². The number of aromatic nitrogens is 1. The van der Waals surface area contributed by atoms with Gasteiger partial charge in [0.1, 0.15) is 23.6 Å². The molecule has 204 valence electrons. The Balaban J connectivity index is 1.58. The zero-order valence-corrected chi connectivity index (χ0v) is 22.4. The standard InChI is InChI=1S/C31H30FN5O3/c1-20-7-6-10-24(15-20)36(28(22-8-4-3-5-9-22)29(39)35-23-17-31(2,32)18-23)30(40)25-11-12-27(38)37(25)26-16-21(19-33)13-14-34-26/h3-10,13-16,23,25,28H,11-12,17-18H2,1-2H3,(H,35,39)/t23?,25-,28-,31?/m0/s1. The van der Waals surface area contributed by atoms with E-state index in [0.717, 1.165) is 5.56 Å². The van der Waals surface area contributed by atoms with Gasteiger partial charge >= 0.3 is 0 Å². The van der Waals surface area contributed by atoms with Crippen molar-refractivity contribution in [2.75, 3.05) is 9.80 Å². The molecule has 8 nitrogen and oxygen atoms in total. The Morgan fingerprint density at radius 2 is 1.90 bits per heavy atom. The van der Waals surface area contributed by atoms with Crippen LogP contribution in [0.5, 0.6) is 0 Å². The molecule has 9 heteroatoms. The molecule has 1 aliphatic carbocycles. The van der Waals surface area contributed by atoms with Gasteiger partial charge in [-0.1, -0.05) is 42.5 Å². The summed E-state index contributed by atoms with van der Waals surface area (Å²) in [7, 11) is 0. The van der Waals surface area contributed by atoms with E-state index in [9.17, 15) is 24.0 Å². The molecule has 2 aliphatic rings. The average molecular weight is 540 g/mol. The van der Waals surface area contributed by atoms with Gasteiger partial charge in [0.05, 0.1) is 11.6 Å². The summed E-state index contributed by atoms with van der Waals surface area (Å²) in [6.07, 6.45) is 2.17. The van der Waals surface area contributed by atoms with Gasteiger partial charge in [-0.3, -0.25) is 24.2 Å². The van der Waals surface area contributed by atoms with E-state index in [2.05, 4.69) is 10.3 Å². The molecule has 1 aromatic heterocycles. The molecule has 3 amide bonds. The van der Waals surface area contributed by atoms with Gasteiger partial charge in [0.15, 0.2) is 0 Å². The highest BCUT2D eigenvalue weighted by atomic mass is 19.1. The van der Waals surface area contributed by atoms with E-state index >= 15 is 0 Å². The molecule has 2 heterocycles. The van der Waals surface area contributed by atoms with Crippen molar-refractivity contribution in [1.29, 1.82) is 5.26 Å². The lowest BCUT2D eigenvalue weighted by Crippen LogP contribution is -2.56. The van der Waals surface area contributed by atoms with E-state index in [-0.39, 0.29) is 43.5 Å². The summed E-state index contributed by atoms with van der Waals surface area (Å²) in [6.45, 7) is 3.40. The number of carbonyl (C=O) groups excluding carboxylic acids is 3. The van der Waals surface area contributed by atoms with Crippen LogP contribution in [0, 0.1) is 18.3 Å². The van der Waals surface area contributed by atoms with E-state index in [4.69, 9.17) is 0 Å². The first-order valence-electron chi connectivity index (χ1n) is 13.3. The molecule has 0 bridgehead atoms. The smallest absolute Gasteiger partial charge is 0.251 e. The Bertz CT molecular complexity index is 1480. The van der Waals surface area contributed by atoms with Gasteiger partial charge in [-0.25, -0.2) is 9.37 Å². The minimum atomic E-state index is -1.33. The molecule has 2 atom stereocenters.